The molecule has 5 nitrogen and oxygen atoms in total. The van der Waals surface area contributed by atoms with Crippen molar-refractivity contribution in [2.45, 2.75) is 44.6 Å². The Kier molecular flexibility index (Phi) is 4.94. The lowest BCUT2D eigenvalue weighted by Gasteiger charge is -2.38. The zero-order valence-electron chi connectivity index (χ0n) is 12.6. The summed E-state index contributed by atoms with van der Waals surface area (Å²) in [5.41, 5.74) is -0.596. The van der Waals surface area contributed by atoms with Gasteiger partial charge in [0, 0.05) is 6.20 Å². The maximum atomic E-state index is 12.4. The molecule has 2 atom stereocenters. The molecule has 1 heterocycles. The van der Waals surface area contributed by atoms with E-state index in [1.807, 2.05) is 0 Å². The number of ether oxygens (including phenoxy) is 1. The van der Waals surface area contributed by atoms with Crippen LogP contribution in [0.4, 0.5) is 0 Å². The molecule has 1 aromatic rings. The Labute approximate surface area is 125 Å². The summed E-state index contributed by atoms with van der Waals surface area (Å²) in [6.45, 7) is 2.11. The fourth-order valence-electron chi connectivity index (χ4n) is 3.06. The minimum atomic E-state index is -0.914. The van der Waals surface area contributed by atoms with Crippen molar-refractivity contribution in [1.82, 2.24) is 10.3 Å². The highest BCUT2D eigenvalue weighted by molar-refractivity contribution is 5.96. The van der Waals surface area contributed by atoms with Crippen molar-refractivity contribution >= 4 is 11.9 Å². The Morgan fingerprint density at radius 3 is 2.90 bits per heavy atom. The molecule has 1 amide bonds. The number of hydrogen-bond acceptors (Lipinski definition) is 4. The van der Waals surface area contributed by atoms with E-state index in [4.69, 9.17) is 4.74 Å². The number of aromatic nitrogens is 1. The van der Waals surface area contributed by atoms with Gasteiger partial charge >= 0.3 is 5.97 Å². The molecule has 0 radical (unpaired) electrons. The molecule has 1 fully saturated rings. The van der Waals surface area contributed by atoms with E-state index < -0.39 is 5.54 Å². The molecule has 0 saturated heterocycles. The number of carbonyl (C=O) groups excluding carboxylic acids is 2. The summed E-state index contributed by atoms with van der Waals surface area (Å²) in [6, 6.07) is 5.14. The quantitative estimate of drug-likeness (QED) is 0.864. The molecule has 2 rings (SSSR count). The molecule has 5 heteroatoms. The minimum absolute atomic E-state index is 0.319. The van der Waals surface area contributed by atoms with Crippen LogP contribution >= 0.6 is 0 Å². The second-order valence-electron chi connectivity index (χ2n) is 5.61. The molecule has 0 bridgehead atoms. The molecule has 1 saturated carbocycles. The molecule has 1 aromatic heterocycles. The van der Waals surface area contributed by atoms with Gasteiger partial charge in [-0.3, -0.25) is 9.78 Å². The van der Waals surface area contributed by atoms with E-state index >= 15 is 0 Å². The lowest BCUT2D eigenvalue weighted by molar-refractivity contribution is -0.150. The number of nitrogens with zero attached hydrogens (tertiary/aromatic N) is 1. The molecule has 21 heavy (non-hydrogen) atoms. The highest BCUT2D eigenvalue weighted by Crippen LogP contribution is 2.35. The number of rotatable bonds is 4. The number of hydrogen-bond donors (Lipinski definition) is 1. The molecule has 0 spiro atoms. The van der Waals surface area contributed by atoms with E-state index in [0.717, 1.165) is 19.3 Å². The first kappa shape index (κ1) is 15.5. The van der Waals surface area contributed by atoms with Gasteiger partial charge in [-0.05, 0) is 30.9 Å². The summed E-state index contributed by atoms with van der Waals surface area (Å²) in [5, 5.41) is 2.89. The normalized spacial score (nSPS) is 25.1. The van der Waals surface area contributed by atoms with E-state index in [9.17, 15) is 9.59 Å². The second-order valence-corrected chi connectivity index (χ2v) is 5.61. The second kappa shape index (κ2) is 6.70. The van der Waals surface area contributed by atoms with Gasteiger partial charge in [0.15, 0.2) is 0 Å². The summed E-state index contributed by atoms with van der Waals surface area (Å²) in [6.07, 6.45) is 5.82. The predicted octanol–water partition coefficient (Wildman–Crippen LogP) is 2.32. The fraction of sp³-hybridized carbons (Fsp3) is 0.562. The van der Waals surface area contributed by atoms with Crippen molar-refractivity contribution < 1.29 is 14.3 Å². The lowest BCUT2D eigenvalue weighted by atomic mass is 9.74. The van der Waals surface area contributed by atoms with Crippen molar-refractivity contribution in [2.24, 2.45) is 5.92 Å². The van der Waals surface area contributed by atoms with E-state index in [1.165, 1.54) is 7.11 Å². The molecular formula is C16H22N2O3. The van der Waals surface area contributed by atoms with Gasteiger partial charge in [-0.2, -0.15) is 0 Å². The van der Waals surface area contributed by atoms with E-state index in [0.29, 0.717) is 24.5 Å². The Bertz CT molecular complexity index is 504. The van der Waals surface area contributed by atoms with Crippen molar-refractivity contribution in [3.05, 3.63) is 30.1 Å². The highest BCUT2D eigenvalue weighted by Gasteiger charge is 2.44. The number of methoxy groups -OCH3 is 1. The van der Waals surface area contributed by atoms with Crippen LogP contribution in [0.15, 0.2) is 24.4 Å². The smallest absolute Gasteiger partial charge is 0.331 e. The van der Waals surface area contributed by atoms with Crippen LogP contribution in [0, 0.1) is 5.92 Å². The molecule has 1 N–H and O–H groups in total. The van der Waals surface area contributed by atoms with Crippen LogP contribution in [-0.2, 0) is 9.53 Å². The largest absolute Gasteiger partial charge is 0.467 e. The first-order valence-corrected chi connectivity index (χ1v) is 7.43. The minimum Gasteiger partial charge on any atom is -0.467 e. The van der Waals surface area contributed by atoms with E-state index in [1.54, 1.807) is 24.4 Å². The molecule has 0 aliphatic heterocycles. The SMILES string of the molecule is CC[C@H]1CCC[C@@](NC(=O)c2ccccn2)(C(=O)OC)C1. The number of nitrogens with one attached hydrogen (secondary N) is 1. The number of pyridine rings is 1. The number of esters is 1. The molecule has 0 unspecified atom stereocenters. The van der Waals surface area contributed by atoms with Crippen molar-refractivity contribution in [2.75, 3.05) is 7.11 Å². The topological polar surface area (TPSA) is 68.3 Å². The first-order valence-electron chi connectivity index (χ1n) is 7.43. The van der Waals surface area contributed by atoms with Crippen LogP contribution in [0.3, 0.4) is 0 Å². The third kappa shape index (κ3) is 3.40. The average Bonchev–Trinajstić information content (AvgIpc) is 2.54. The van der Waals surface area contributed by atoms with Gasteiger partial charge in [0.25, 0.3) is 5.91 Å². The van der Waals surface area contributed by atoms with Crippen LogP contribution < -0.4 is 5.32 Å². The standard InChI is InChI=1S/C16H22N2O3/c1-3-12-7-6-9-16(11-12,15(20)21-2)18-14(19)13-8-4-5-10-17-13/h4-5,8,10,12H,3,6-7,9,11H2,1-2H3,(H,18,19)/t12-,16-/m0/s1. The zero-order valence-corrected chi connectivity index (χ0v) is 12.6. The Hall–Kier alpha value is -1.91. The summed E-state index contributed by atoms with van der Waals surface area (Å²) >= 11 is 0. The Balaban J connectivity index is 2.21. The van der Waals surface area contributed by atoms with Crippen LogP contribution in [-0.4, -0.2) is 29.5 Å². The monoisotopic (exact) mass is 290 g/mol. The molecule has 1 aliphatic rings. The summed E-state index contributed by atoms with van der Waals surface area (Å²) in [7, 11) is 1.37. The molecule has 1 aliphatic carbocycles. The van der Waals surface area contributed by atoms with Crippen LogP contribution in [0.2, 0.25) is 0 Å². The van der Waals surface area contributed by atoms with Crippen LogP contribution in [0.5, 0.6) is 0 Å². The van der Waals surface area contributed by atoms with Gasteiger partial charge in [0.1, 0.15) is 11.2 Å². The fourth-order valence-corrected chi connectivity index (χ4v) is 3.06. The Morgan fingerprint density at radius 1 is 1.48 bits per heavy atom. The van der Waals surface area contributed by atoms with Crippen molar-refractivity contribution in [3.8, 4) is 0 Å². The summed E-state index contributed by atoms with van der Waals surface area (Å²) < 4.78 is 4.95. The first-order chi connectivity index (χ1) is 10.1. The van der Waals surface area contributed by atoms with Gasteiger partial charge in [0.05, 0.1) is 7.11 Å². The predicted molar refractivity (Wildman–Crippen MR) is 78.7 cm³/mol. The molecular weight excluding hydrogens is 268 g/mol. The Morgan fingerprint density at radius 2 is 2.29 bits per heavy atom. The maximum absolute atomic E-state index is 12.4. The van der Waals surface area contributed by atoms with Gasteiger partial charge in [-0.25, -0.2) is 4.79 Å². The number of carbonyl (C=O) groups is 2. The van der Waals surface area contributed by atoms with E-state index in [-0.39, 0.29) is 11.9 Å². The number of amides is 1. The van der Waals surface area contributed by atoms with Gasteiger partial charge < -0.3 is 10.1 Å². The molecule has 0 aromatic carbocycles. The van der Waals surface area contributed by atoms with Crippen molar-refractivity contribution in [1.29, 1.82) is 0 Å². The van der Waals surface area contributed by atoms with Crippen LogP contribution in [0.1, 0.15) is 49.5 Å². The summed E-state index contributed by atoms with van der Waals surface area (Å²) in [5.74, 6) is -0.246. The average molecular weight is 290 g/mol. The van der Waals surface area contributed by atoms with Gasteiger partial charge in [0.2, 0.25) is 0 Å². The van der Waals surface area contributed by atoms with E-state index in [2.05, 4.69) is 17.2 Å². The highest BCUT2D eigenvalue weighted by atomic mass is 16.5. The third-order valence-corrected chi connectivity index (χ3v) is 4.26. The maximum Gasteiger partial charge on any atom is 0.331 e. The van der Waals surface area contributed by atoms with Crippen molar-refractivity contribution in [3.63, 3.8) is 0 Å². The van der Waals surface area contributed by atoms with Gasteiger partial charge in [-0.1, -0.05) is 32.3 Å². The third-order valence-electron chi connectivity index (χ3n) is 4.26. The van der Waals surface area contributed by atoms with Crippen LogP contribution in [0.25, 0.3) is 0 Å². The summed E-state index contributed by atoms with van der Waals surface area (Å²) in [4.78, 5) is 28.6. The van der Waals surface area contributed by atoms with Gasteiger partial charge in [-0.15, -0.1) is 0 Å². The molecule has 114 valence electrons. The zero-order chi connectivity index (χ0) is 15.3. The lowest BCUT2D eigenvalue weighted by Crippen LogP contribution is -2.57.